The number of hydrogen-bond donors (Lipinski definition) is 3. The zero-order valence-electron chi connectivity index (χ0n) is 20.9. The maximum atomic E-state index is 13.6. The van der Waals surface area contributed by atoms with Gasteiger partial charge in [-0.3, -0.25) is 9.59 Å². The predicted molar refractivity (Wildman–Crippen MR) is 134 cm³/mol. The van der Waals surface area contributed by atoms with Gasteiger partial charge < -0.3 is 34.6 Å². The van der Waals surface area contributed by atoms with Gasteiger partial charge in [0.2, 0.25) is 18.6 Å². The average molecular weight is 509 g/mol. The van der Waals surface area contributed by atoms with Crippen LogP contribution in [0.5, 0.6) is 17.2 Å². The first-order chi connectivity index (χ1) is 17.9. The predicted octanol–water partition coefficient (Wildman–Crippen LogP) is 2.11. The van der Waals surface area contributed by atoms with Gasteiger partial charge in [0, 0.05) is 30.6 Å². The molecule has 4 unspecified atom stereocenters. The minimum Gasteiger partial charge on any atom is -0.486 e. The van der Waals surface area contributed by atoms with E-state index in [1.165, 1.54) is 0 Å². The van der Waals surface area contributed by atoms with Gasteiger partial charge in [0.1, 0.15) is 18.0 Å². The summed E-state index contributed by atoms with van der Waals surface area (Å²) in [6, 6.07) is 12.1. The smallest absolute Gasteiger partial charge is 0.247 e. The van der Waals surface area contributed by atoms with Crippen LogP contribution in [0.3, 0.4) is 0 Å². The molecule has 4 atom stereocenters. The number of hydrogen-bond acceptors (Lipinski definition) is 7. The van der Waals surface area contributed by atoms with Crippen LogP contribution in [-0.2, 0) is 16.1 Å². The Morgan fingerprint density at radius 1 is 1.11 bits per heavy atom. The number of aliphatic hydroxyl groups is 2. The van der Waals surface area contributed by atoms with E-state index in [2.05, 4.69) is 5.32 Å². The second kappa shape index (κ2) is 10.4. The maximum absolute atomic E-state index is 13.6. The van der Waals surface area contributed by atoms with Crippen LogP contribution in [0, 0.1) is 5.92 Å². The van der Waals surface area contributed by atoms with E-state index in [1.54, 1.807) is 17.0 Å². The van der Waals surface area contributed by atoms with Crippen molar-refractivity contribution >= 4 is 11.8 Å². The molecule has 37 heavy (non-hydrogen) atoms. The highest BCUT2D eigenvalue weighted by Gasteiger charge is 2.50. The van der Waals surface area contributed by atoms with Crippen molar-refractivity contribution in [1.82, 2.24) is 10.2 Å². The molecule has 3 N–H and O–H groups in total. The van der Waals surface area contributed by atoms with E-state index in [9.17, 15) is 19.8 Å². The molecular formula is C28H32N2O7. The lowest BCUT2D eigenvalue weighted by molar-refractivity contribution is -0.138. The number of nitrogens with zero attached hydrogens (tertiary/aromatic N) is 1. The summed E-state index contributed by atoms with van der Waals surface area (Å²) >= 11 is 0. The summed E-state index contributed by atoms with van der Waals surface area (Å²) in [6.45, 7) is 4.17. The van der Waals surface area contributed by atoms with Crippen LogP contribution >= 0.6 is 0 Å². The van der Waals surface area contributed by atoms with Crippen molar-refractivity contribution in [3.05, 3.63) is 65.2 Å². The molecule has 0 saturated carbocycles. The number of fused-ring (bicyclic) bond motifs is 4. The van der Waals surface area contributed by atoms with Crippen LogP contribution in [0.15, 0.2) is 54.1 Å². The zero-order chi connectivity index (χ0) is 26.1. The highest BCUT2D eigenvalue weighted by Crippen LogP contribution is 2.47. The van der Waals surface area contributed by atoms with E-state index in [-0.39, 0.29) is 50.6 Å². The Hall–Kier alpha value is -3.56. The summed E-state index contributed by atoms with van der Waals surface area (Å²) in [6.07, 6.45) is 0.156. The molecule has 2 heterocycles. The lowest BCUT2D eigenvalue weighted by Crippen LogP contribution is -2.55. The third-order valence-corrected chi connectivity index (χ3v) is 6.93. The molecule has 0 aromatic heterocycles. The van der Waals surface area contributed by atoms with Crippen LogP contribution in [0.1, 0.15) is 37.3 Å². The summed E-state index contributed by atoms with van der Waals surface area (Å²) < 4.78 is 17.1. The normalized spacial score (nSPS) is 23.1. The summed E-state index contributed by atoms with van der Waals surface area (Å²) in [5.41, 5.74) is 2.03. The van der Waals surface area contributed by atoms with Crippen molar-refractivity contribution in [2.45, 2.75) is 51.0 Å². The highest BCUT2D eigenvalue weighted by atomic mass is 16.7. The number of carbonyl (C=O) groups is 2. The second-order valence-corrected chi connectivity index (χ2v) is 9.99. The Morgan fingerprint density at radius 2 is 1.89 bits per heavy atom. The largest absolute Gasteiger partial charge is 0.486 e. The van der Waals surface area contributed by atoms with Crippen molar-refractivity contribution in [3.8, 4) is 17.2 Å². The lowest BCUT2D eigenvalue weighted by atomic mass is 9.77. The molecule has 0 fully saturated rings. The molecule has 0 radical (unpaired) electrons. The molecule has 2 aromatic carbocycles. The van der Waals surface area contributed by atoms with Crippen molar-refractivity contribution in [1.29, 1.82) is 0 Å². The second-order valence-electron chi connectivity index (χ2n) is 9.99. The van der Waals surface area contributed by atoms with Crippen LogP contribution < -0.4 is 19.5 Å². The van der Waals surface area contributed by atoms with Crippen LogP contribution in [-0.4, -0.2) is 65.1 Å². The number of carbonyl (C=O) groups excluding carboxylic acids is 2. The monoisotopic (exact) mass is 508 g/mol. The van der Waals surface area contributed by atoms with Gasteiger partial charge in [-0.15, -0.1) is 0 Å². The zero-order valence-corrected chi connectivity index (χ0v) is 20.9. The number of amides is 2. The minimum atomic E-state index is -1.07. The molecule has 9 nitrogen and oxygen atoms in total. The fraction of sp³-hybridized carbons (Fsp3) is 0.429. The number of benzene rings is 2. The molecule has 0 spiro atoms. The Morgan fingerprint density at radius 3 is 2.68 bits per heavy atom. The molecule has 2 aliphatic heterocycles. The summed E-state index contributed by atoms with van der Waals surface area (Å²) in [4.78, 5) is 28.4. The van der Waals surface area contributed by atoms with Gasteiger partial charge in [-0.25, -0.2) is 0 Å². The number of para-hydroxylation sites is 1. The van der Waals surface area contributed by atoms with Gasteiger partial charge in [0.05, 0.1) is 18.6 Å². The van der Waals surface area contributed by atoms with Gasteiger partial charge in [-0.2, -0.15) is 0 Å². The maximum Gasteiger partial charge on any atom is 0.247 e. The Labute approximate surface area is 215 Å². The summed E-state index contributed by atoms with van der Waals surface area (Å²) in [7, 11) is 0. The molecule has 2 amide bonds. The topological polar surface area (TPSA) is 118 Å². The van der Waals surface area contributed by atoms with Crippen LogP contribution in [0.2, 0.25) is 0 Å². The Kier molecular flexibility index (Phi) is 7.08. The average Bonchev–Trinajstić information content (AvgIpc) is 3.51. The van der Waals surface area contributed by atoms with Gasteiger partial charge in [-0.1, -0.05) is 38.1 Å². The van der Waals surface area contributed by atoms with Gasteiger partial charge in [0.25, 0.3) is 0 Å². The number of ether oxygens (including phenoxy) is 3. The minimum absolute atomic E-state index is 0.0937. The van der Waals surface area contributed by atoms with Crippen LogP contribution in [0.25, 0.3) is 0 Å². The molecule has 9 heteroatoms. The number of aliphatic hydroxyl groups excluding tert-OH is 2. The quantitative estimate of drug-likeness (QED) is 0.500. The first-order valence-corrected chi connectivity index (χ1v) is 12.6. The van der Waals surface area contributed by atoms with E-state index < -0.39 is 24.2 Å². The van der Waals surface area contributed by atoms with Crippen molar-refractivity contribution in [2.24, 2.45) is 5.92 Å². The molecule has 0 saturated heterocycles. The molecule has 5 rings (SSSR count). The van der Waals surface area contributed by atoms with E-state index in [1.807, 2.05) is 50.2 Å². The van der Waals surface area contributed by atoms with E-state index in [0.29, 0.717) is 22.8 Å². The molecule has 2 aromatic rings. The number of rotatable bonds is 8. The van der Waals surface area contributed by atoms with Crippen LogP contribution in [0.4, 0.5) is 0 Å². The third kappa shape index (κ3) is 4.89. The fourth-order valence-electron chi connectivity index (χ4n) is 5.25. The Bertz CT molecular complexity index is 1210. The Balaban J connectivity index is 1.53. The first kappa shape index (κ1) is 25.1. The highest BCUT2D eigenvalue weighted by molar-refractivity contribution is 5.96. The third-order valence-electron chi connectivity index (χ3n) is 6.93. The van der Waals surface area contributed by atoms with Crippen molar-refractivity contribution < 1.29 is 34.0 Å². The van der Waals surface area contributed by atoms with Gasteiger partial charge >= 0.3 is 0 Å². The number of nitrogens with one attached hydrogen (secondary N) is 1. The summed E-state index contributed by atoms with van der Waals surface area (Å²) in [5, 5.41) is 23.6. The molecular weight excluding hydrogens is 476 g/mol. The first-order valence-electron chi connectivity index (χ1n) is 12.6. The van der Waals surface area contributed by atoms with Crippen molar-refractivity contribution in [3.63, 3.8) is 0 Å². The van der Waals surface area contributed by atoms with Gasteiger partial charge in [0.15, 0.2) is 11.5 Å². The molecule has 196 valence electrons. The fourth-order valence-corrected chi connectivity index (χ4v) is 5.25. The van der Waals surface area contributed by atoms with E-state index in [4.69, 9.17) is 14.2 Å². The van der Waals surface area contributed by atoms with E-state index >= 15 is 0 Å². The standard InChI is InChI=1S/C28H32N2O7/c1-16(2)11-24(32)30(14-17-7-8-22-23(12-17)36-15-35-22)20-13-19(28(34)29-9-10-31)25-18-5-3-4-6-21(18)37-27(25)26(20)33/h3-8,12-13,16,20,25-27,31,33H,9-11,14-15H2,1-2H3,(H,29,34). The molecule has 0 bridgehead atoms. The van der Waals surface area contributed by atoms with Gasteiger partial charge in [-0.05, 0) is 35.8 Å². The molecule has 1 aliphatic carbocycles. The van der Waals surface area contributed by atoms with E-state index in [0.717, 1.165) is 11.1 Å². The summed E-state index contributed by atoms with van der Waals surface area (Å²) in [5.74, 6) is 0.959. The molecule has 3 aliphatic rings. The SMILES string of the molecule is CC(C)CC(=O)N(Cc1ccc2c(c1)OCO2)C1C=C(C(=O)NCCO)C2c3ccccc3OC2C1O. The van der Waals surface area contributed by atoms with Crippen molar-refractivity contribution in [2.75, 3.05) is 19.9 Å². The lowest BCUT2D eigenvalue weighted by Gasteiger charge is -2.41.